The normalized spacial score (nSPS) is 11.6. The van der Waals surface area contributed by atoms with Crippen molar-refractivity contribution in [2.75, 3.05) is 6.26 Å². The summed E-state index contributed by atoms with van der Waals surface area (Å²) in [6.07, 6.45) is 2.20. The zero-order valence-corrected chi connectivity index (χ0v) is 9.64. The van der Waals surface area contributed by atoms with Crippen LogP contribution in [-0.2, 0) is 9.84 Å². The van der Waals surface area contributed by atoms with Crippen LogP contribution in [0, 0.1) is 10.1 Å². The summed E-state index contributed by atoms with van der Waals surface area (Å²) < 4.78 is 22.6. The third kappa shape index (κ3) is 2.23. The van der Waals surface area contributed by atoms with Crippen molar-refractivity contribution in [2.45, 2.75) is 4.90 Å². The summed E-state index contributed by atoms with van der Waals surface area (Å²) in [5, 5.41) is 11.1. The fourth-order valence-electron chi connectivity index (χ4n) is 1.42. The highest BCUT2D eigenvalue weighted by atomic mass is 32.2. The van der Waals surface area contributed by atoms with Gasteiger partial charge in [0, 0.05) is 17.7 Å². The molecule has 0 fully saturated rings. The Labute approximate surface area is 97.0 Å². The number of benzene rings is 1. The second-order valence-electron chi connectivity index (χ2n) is 3.58. The Balaban J connectivity index is 2.66. The van der Waals surface area contributed by atoms with E-state index in [0.717, 1.165) is 12.5 Å². The highest BCUT2D eigenvalue weighted by Crippen LogP contribution is 2.21. The molecule has 7 heteroatoms. The van der Waals surface area contributed by atoms with Gasteiger partial charge in [-0.15, -0.1) is 0 Å². The lowest BCUT2D eigenvalue weighted by molar-refractivity contribution is -0.385. The minimum atomic E-state index is -3.29. The molecule has 0 unspecified atom stereocenters. The van der Waals surface area contributed by atoms with Crippen molar-refractivity contribution in [3.05, 3.63) is 40.6 Å². The maximum atomic E-state index is 11.3. The van der Waals surface area contributed by atoms with Gasteiger partial charge >= 0.3 is 0 Å². The van der Waals surface area contributed by atoms with Gasteiger partial charge in [-0.3, -0.25) is 10.1 Å². The zero-order chi connectivity index (χ0) is 12.6. The van der Waals surface area contributed by atoms with Crippen LogP contribution < -0.4 is 0 Å². The standard InChI is InChI=1S/C10H8N2O4S/c1-17(15,16)9-3-2-7-4-8(12(13)14)6-11-10(7)5-9/h2-6H,1H3. The second kappa shape index (κ2) is 3.77. The van der Waals surface area contributed by atoms with E-state index in [1.807, 2.05) is 0 Å². The molecular weight excluding hydrogens is 244 g/mol. The molecule has 0 aliphatic rings. The van der Waals surface area contributed by atoms with Crippen LogP contribution in [0.4, 0.5) is 5.69 Å². The van der Waals surface area contributed by atoms with Gasteiger partial charge in [0.05, 0.1) is 15.3 Å². The van der Waals surface area contributed by atoms with Crippen molar-refractivity contribution in [3.8, 4) is 0 Å². The molecule has 0 amide bonds. The number of nitrogens with zero attached hydrogens (tertiary/aromatic N) is 2. The predicted molar refractivity (Wildman–Crippen MR) is 61.5 cm³/mol. The lowest BCUT2D eigenvalue weighted by Crippen LogP contribution is -1.97. The van der Waals surface area contributed by atoms with E-state index in [4.69, 9.17) is 0 Å². The fraction of sp³-hybridized carbons (Fsp3) is 0.100. The van der Waals surface area contributed by atoms with Gasteiger partial charge in [-0.1, -0.05) is 6.07 Å². The summed E-state index contributed by atoms with van der Waals surface area (Å²) in [5.74, 6) is 0. The molecule has 0 aliphatic heterocycles. The molecule has 1 aromatic carbocycles. The molecule has 0 saturated heterocycles. The van der Waals surface area contributed by atoms with Crippen molar-refractivity contribution in [1.82, 2.24) is 4.98 Å². The fourth-order valence-corrected chi connectivity index (χ4v) is 2.06. The highest BCUT2D eigenvalue weighted by Gasteiger charge is 2.11. The van der Waals surface area contributed by atoms with Gasteiger partial charge in [-0.05, 0) is 12.1 Å². The van der Waals surface area contributed by atoms with Gasteiger partial charge in [-0.25, -0.2) is 13.4 Å². The van der Waals surface area contributed by atoms with Crippen LogP contribution in [0.1, 0.15) is 0 Å². The number of fused-ring (bicyclic) bond motifs is 1. The number of aromatic nitrogens is 1. The zero-order valence-electron chi connectivity index (χ0n) is 8.82. The Morgan fingerprint density at radius 3 is 2.59 bits per heavy atom. The molecule has 17 heavy (non-hydrogen) atoms. The van der Waals surface area contributed by atoms with Gasteiger partial charge in [0.25, 0.3) is 5.69 Å². The molecular formula is C10H8N2O4S. The van der Waals surface area contributed by atoms with Gasteiger partial charge in [0.1, 0.15) is 6.20 Å². The van der Waals surface area contributed by atoms with E-state index in [1.165, 1.54) is 24.3 Å². The summed E-state index contributed by atoms with van der Waals surface area (Å²) in [4.78, 5) is 14.0. The predicted octanol–water partition coefficient (Wildman–Crippen LogP) is 1.55. The molecule has 2 rings (SSSR count). The Morgan fingerprint density at radius 2 is 2.00 bits per heavy atom. The first-order valence-corrected chi connectivity index (χ1v) is 6.51. The highest BCUT2D eigenvalue weighted by molar-refractivity contribution is 7.90. The quantitative estimate of drug-likeness (QED) is 0.597. The average Bonchev–Trinajstić information content (AvgIpc) is 2.26. The molecule has 0 saturated carbocycles. The van der Waals surface area contributed by atoms with E-state index in [2.05, 4.69) is 4.98 Å². The summed E-state index contributed by atoms with van der Waals surface area (Å²) in [7, 11) is -3.29. The molecule has 0 atom stereocenters. The summed E-state index contributed by atoms with van der Waals surface area (Å²) in [6, 6.07) is 5.66. The van der Waals surface area contributed by atoms with E-state index in [-0.39, 0.29) is 10.6 Å². The smallest absolute Gasteiger partial charge is 0.258 e. The van der Waals surface area contributed by atoms with Gasteiger partial charge in [0.2, 0.25) is 0 Å². The molecule has 0 N–H and O–H groups in total. The van der Waals surface area contributed by atoms with Crippen LogP contribution in [0.15, 0.2) is 35.4 Å². The van der Waals surface area contributed by atoms with Crippen LogP contribution in [0.2, 0.25) is 0 Å². The first kappa shape index (κ1) is 11.5. The third-order valence-corrected chi connectivity index (χ3v) is 3.39. The van der Waals surface area contributed by atoms with Gasteiger partial charge in [-0.2, -0.15) is 0 Å². The maximum absolute atomic E-state index is 11.3. The number of hydrogen-bond donors (Lipinski definition) is 0. The molecule has 0 radical (unpaired) electrons. The minimum absolute atomic E-state index is 0.121. The number of pyridine rings is 1. The Morgan fingerprint density at radius 1 is 1.29 bits per heavy atom. The van der Waals surface area contributed by atoms with Gasteiger partial charge in [0.15, 0.2) is 9.84 Å². The molecule has 2 aromatic rings. The van der Waals surface area contributed by atoms with Crippen LogP contribution in [0.3, 0.4) is 0 Å². The van der Waals surface area contributed by atoms with Crippen molar-refractivity contribution < 1.29 is 13.3 Å². The topological polar surface area (TPSA) is 90.2 Å². The van der Waals surface area contributed by atoms with E-state index < -0.39 is 14.8 Å². The maximum Gasteiger partial charge on any atom is 0.288 e. The van der Waals surface area contributed by atoms with Crippen LogP contribution >= 0.6 is 0 Å². The average molecular weight is 252 g/mol. The number of hydrogen-bond acceptors (Lipinski definition) is 5. The third-order valence-electron chi connectivity index (χ3n) is 2.28. The number of sulfone groups is 1. The number of rotatable bonds is 2. The Kier molecular flexibility index (Phi) is 2.55. The van der Waals surface area contributed by atoms with Crippen molar-refractivity contribution in [3.63, 3.8) is 0 Å². The van der Waals surface area contributed by atoms with E-state index in [9.17, 15) is 18.5 Å². The largest absolute Gasteiger partial charge is 0.288 e. The summed E-state index contributed by atoms with van der Waals surface area (Å²) in [6.45, 7) is 0. The molecule has 1 heterocycles. The Hall–Kier alpha value is -2.02. The van der Waals surface area contributed by atoms with E-state index >= 15 is 0 Å². The van der Waals surface area contributed by atoms with Crippen molar-refractivity contribution >= 4 is 26.4 Å². The Bertz CT molecular complexity index is 709. The second-order valence-corrected chi connectivity index (χ2v) is 5.59. The molecule has 6 nitrogen and oxygen atoms in total. The summed E-state index contributed by atoms with van der Waals surface area (Å²) in [5.41, 5.74) is 0.295. The lowest BCUT2D eigenvalue weighted by atomic mass is 10.2. The van der Waals surface area contributed by atoms with Crippen LogP contribution in [0.5, 0.6) is 0 Å². The summed E-state index contributed by atoms with van der Waals surface area (Å²) >= 11 is 0. The first-order chi connectivity index (χ1) is 7.88. The molecule has 1 aromatic heterocycles. The minimum Gasteiger partial charge on any atom is -0.258 e. The van der Waals surface area contributed by atoms with Crippen LogP contribution in [-0.4, -0.2) is 24.6 Å². The van der Waals surface area contributed by atoms with Crippen molar-refractivity contribution in [1.29, 1.82) is 0 Å². The van der Waals surface area contributed by atoms with Crippen molar-refractivity contribution in [2.24, 2.45) is 0 Å². The van der Waals surface area contributed by atoms with Crippen LogP contribution in [0.25, 0.3) is 10.9 Å². The SMILES string of the molecule is CS(=O)(=O)c1ccc2cc([N+](=O)[O-])cnc2c1. The van der Waals surface area contributed by atoms with Gasteiger partial charge < -0.3 is 0 Å². The molecule has 88 valence electrons. The monoisotopic (exact) mass is 252 g/mol. The van der Waals surface area contributed by atoms with E-state index in [1.54, 1.807) is 0 Å². The lowest BCUT2D eigenvalue weighted by Gasteiger charge is -2.00. The molecule has 0 bridgehead atoms. The first-order valence-electron chi connectivity index (χ1n) is 4.62. The molecule has 0 spiro atoms. The number of nitro groups is 1. The molecule has 0 aliphatic carbocycles. The van der Waals surface area contributed by atoms with E-state index in [0.29, 0.717) is 10.9 Å².